The Morgan fingerprint density at radius 2 is 2.15 bits per heavy atom. The number of carbonyl (C=O) groups is 1. The molecule has 1 aromatic rings. The molecular weight excluding hydrogens is 258 g/mol. The second kappa shape index (κ2) is 5.90. The van der Waals surface area contributed by atoms with Gasteiger partial charge in [0.25, 0.3) is 11.6 Å². The van der Waals surface area contributed by atoms with Gasteiger partial charge in [0.05, 0.1) is 4.92 Å². The van der Waals surface area contributed by atoms with E-state index >= 15 is 0 Å². The molecule has 1 aliphatic carbocycles. The van der Waals surface area contributed by atoms with Crippen molar-refractivity contribution in [3.63, 3.8) is 0 Å². The van der Waals surface area contributed by atoms with Gasteiger partial charge in [0.1, 0.15) is 5.69 Å². The Kier molecular flexibility index (Phi) is 4.22. The third-order valence-corrected chi connectivity index (χ3v) is 3.94. The van der Waals surface area contributed by atoms with E-state index in [0.717, 1.165) is 12.8 Å². The highest BCUT2D eigenvalue weighted by atomic mass is 16.6. The Bertz CT molecular complexity index is 526. The lowest BCUT2D eigenvalue weighted by molar-refractivity contribution is -0.383. The van der Waals surface area contributed by atoms with E-state index in [1.807, 2.05) is 6.92 Å². The number of nitrogens with zero attached hydrogens (tertiary/aromatic N) is 1. The SMILES string of the molecule is CNc1cc(C(=O)NC(C)C2CCC2)ccc1[N+](=O)[O-]. The first-order valence-electron chi connectivity index (χ1n) is 6.80. The molecule has 1 saturated carbocycles. The summed E-state index contributed by atoms with van der Waals surface area (Å²) in [6.45, 7) is 2.01. The summed E-state index contributed by atoms with van der Waals surface area (Å²) in [5.74, 6) is 0.372. The fourth-order valence-corrected chi connectivity index (χ4v) is 2.38. The van der Waals surface area contributed by atoms with Gasteiger partial charge in [0.15, 0.2) is 0 Å². The average molecular weight is 277 g/mol. The maximum atomic E-state index is 12.1. The number of hydrogen-bond acceptors (Lipinski definition) is 4. The number of carbonyl (C=O) groups excluding carboxylic acids is 1. The molecule has 0 saturated heterocycles. The van der Waals surface area contributed by atoms with Crippen LogP contribution in [0.25, 0.3) is 0 Å². The highest BCUT2D eigenvalue weighted by Gasteiger charge is 2.25. The first kappa shape index (κ1) is 14.3. The summed E-state index contributed by atoms with van der Waals surface area (Å²) in [6.07, 6.45) is 3.54. The number of benzene rings is 1. The van der Waals surface area contributed by atoms with Crippen molar-refractivity contribution in [1.82, 2.24) is 5.32 Å². The largest absolute Gasteiger partial charge is 0.383 e. The molecule has 1 amide bonds. The van der Waals surface area contributed by atoms with E-state index in [1.54, 1.807) is 7.05 Å². The smallest absolute Gasteiger partial charge is 0.292 e. The lowest BCUT2D eigenvalue weighted by Crippen LogP contribution is -2.40. The van der Waals surface area contributed by atoms with E-state index < -0.39 is 4.92 Å². The Morgan fingerprint density at radius 1 is 1.45 bits per heavy atom. The fraction of sp³-hybridized carbons (Fsp3) is 0.500. The van der Waals surface area contributed by atoms with Crippen molar-refractivity contribution in [3.8, 4) is 0 Å². The number of nitro groups is 1. The molecule has 0 radical (unpaired) electrons. The van der Waals surface area contributed by atoms with Crippen LogP contribution in [0.2, 0.25) is 0 Å². The van der Waals surface area contributed by atoms with E-state index in [1.165, 1.54) is 24.6 Å². The number of nitrogens with one attached hydrogen (secondary N) is 2. The van der Waals surface area contributed by atoms with Gasteiger partial charge in [-0.1, -0.05) is 6.42 Å². The molecule has 0 spiro atoms. The van der Waals surface area contributed by atoms with Crippen LogP contribution in [0.1, 0.15) is 36.5 Å². The second-order valence-electron chi connectivity index (χ2n) is 5.19. The number of hydrogen-bond donors (Lipinski definition) is 2. The zero-order valence-corrected chi connectivity index (χ0v) is 11.7. The van der Waals surface area contributed by atoms with Crippen LogP contribution in [-0.4, -0.2) is 23.9 Å². The summed E-state index contributed by atoms with van der Waals surface area (Å²) in [6, 6.07) is 4.50. The lowest BCUT2D eigenvalue weighted by Gasteiger charge is -2.31. The molecule has 1 aromatic carbocycles. The molecule has 1 aliphatic rings. The predicted molar refractivity (Wildman–Crippen MR) is 76.9 cm³/mol. The number of nitro benzene ring substituents is 1. The van der Waals surface area contributed by atoms with Crippen molar-refractivity contribution in [3.05, 3.63) is 33.9 Å². The molecule has 6 heteroatoms. The summed E-state index contributed by atoms with van der Waals surface area (Å²) >= 11 is 0. The van der Waals surface area contributed by atoms with Crippen molar-refractivity contribution in [2.75, 3.05) is 12.4 Å². The highest BCUT2D eigenvalue weighted by molar-refractivity contribution is 5.96. The molecular formula is C14H19N3O3. The van der Waals surface area contributed by atoms with Gasteiger partial charge in [0, 0.05) is 24.7 Å². The molecule has 1 fully saturated rings. The minimum absolute atomic E-state index is 0.0314. The number of amides is 1. The maximum absolute atomic E-state index is 12.1. The summed E-state index contributed by atoms with van der Waals surface area (Å²) in [5, 5.41) is 16.6. The van der Waals surface area contributed by atoms with Crippen molar-refractivity contribution in [2.24, 2.45) is 5.92 Å². The van der Waals surface area contributed by atoms with E-state index in [9.17, 15) is 14.9 Å². The molecule has 1 atom stereocenters. The molecule has 20 heavy (non-hydrogen) atoms. The van der Waals surface area contributed by atoms with Crippen LogP contribution in [0, 0.1) is 16.0 Å². The second-order valence-corrected chi connectivity index (χ2v) is 5.19. The molecule has 108 valence electrons. The van der Waals surface area contributed by atoms with Crippen LogP contribution in [0.5, 0.6) is 0 Å². The van der Waals surface area contributed by atoms with Crippen LogP contribution < -0.4 is 10.6 Å². The predicted octanol–water partition coefficient (Wildman–Crippen LogP) is 2.55. The third-order valence-electron chi connectivity index (χ3n) is 3.94. The minimum atomic E-state index is -0.468. The van der Waals surface area contributed by atoms with Crippen LogP contribution in [0.4, 0.5) is 11.4 Å². The van der Waals surface area contributed by atoms with Gasteiger partial charge in [-0.25, -0.2) is 0 Å². The van der Waals surface area contributed by atoms with Gasteiger partial charge in [0.2, 0.25) is 0 Å². The van der Waals surface area contributed by atoms with Crippen LogP contribution in [0.3, 0.4) is 0 Å². The summed E-state index contributed by atoms with van der Waals surface area (Å²) < 4.78 is 0. The Balaban J connectivity index is 2.11. The third kappa shape index (κ3) is 2.89. The molecule has 2 N–H and O–H groups in total. The van der Waals surface area contributed by atoms with E-state index in [4.69, 9.17) is 0 Å². The van der Waals surface area contributed by atoms with Crippen LogP contribution >= 0.6 is 0 Å². The average Bonchev–Trinajstić information content (AvgIpc) is 2.35. The Hall–Kier alpha value is -2.11. The molecule has 0 heterocycles. The highest BCUT2D eigenvalue weighted by Crippen LogP contribution is 2.30. The first-order chi connectivity index (χ1) is 9.52. The molecule has 1 unspecified atom stereocenters. The lowest BCUT2D eigenvalue weighted by atomic mass is 9.80. The Labute approximate surface area is 117 Å². The standard InChI is InChI=1S/C14H19N3O3/c1-9(10-4-3-5-10)16-14(18)11-6-7-13(17(19)20)12(8-11)15-2/h6-10,15H,3-5H2,1-2H3,(H,16,18). The van der Waals surface area contributed by atoms with Gasteiger partial charge in [-0.2, -0.15) is 0 Å². The van der Waals surface area contributed by atoms with Crippen LogP contribution in [0.15, 0.2) is 18.2 Å². The Morgan fingerprint density at radius 3 is 2.65 bits per heavy atom. The fourth-order valence-electron chi connectivity index (χ4n) is 2.38. The van der Waals surface area contributed by atoms with Gasteiger partial charge in [-0.05, 0) is 37.8 Å². The summed E-state index contributed by atoms with van der Waals surface area (Å²) in [4.78, 5) is 22.5. The quantitative estimate of drug-likeness (QED) is 0.640. The van der Waals surface area contributed by atoms with E-state index in [0.29, 0.717) is 17.2 Å². The maximum Gasteiger partial charge on any atom is 0.292 e. The van der Waals surface area contributed by atoms with Crippen molar-refractivity contribution < 1.29 is 9.72 Å². The summed E-state index contributed by atoms with van der Waals surface area (Å²) in [7, 11) is 1.60. The number of rotatable bonds is 5. The monoisotopic (exact) mass is 277 g/mol. The van der Waals surface area contributed by atoms with Gasteiger partial charge >= 0.3 is 0 Å². The van der Waals surface area contributed by atoms with Gasteiger partial charge in [-0.3, -0.25) is 14.9 Å². The van der Waals surface area contributed by atoms with E-state index in [2.05, 4.69) is 10.6 Å². The zero-order chi connectivity index (χ0) is 14.7. The summed E-state index contributed by atoms with van der Waals surface area (Å²) in [5.41, 5.74) is 0.751. The van der Waals surface area contributed by atoms with Crippen molar-refractivity contribution >= 4 is 17.3 Å². The van der Waals surface area contributed by atoms with Crippen LogP contribution in [-0.2, 0) is 0 Å². The van der Waals surface area contributed by atoms with Gasteiger partial charge in [-0.15, -0.1) is 0 Å². The topological polar surface area (TPSA) is 84.3 Å². The van der Waals surface area contributed by atoms with Crippen molar-refractivity contribution in [1.29, 1.82) is 0 Å². The number of anilines is 1. The van der Waals surface area contributed by atoms with Gasteiger partial charge < -0.3 is 10.6 Å². The molecule has 0 aliphatic heterocycles. The van der Waals surface area contributed by atoms with E-state index in [-0.39, 0.29) is 17.6 Å². The molecule has 0 aromatic heterocycles. The minimum Gasteiger partial charge on any atom is -0.383 e. The zero-order valence-electron chi connectivity index (χ0n) is 11.7. The molecule has 2 rings (SSSR count). The molecule has 0 bridgehead atoms. The normalized spacial score (nSPS) is 16.1. The first-order valence-corrected chi connectivity index (χ1v) is 6.80. The molecule has 6 nitrogen and oxygen atoms in total. The van der Waals surface area contributed by atoms with Crippen molar-refractivity contribution in [2.45, 2.75) is 32.2 Å².